The molecule has 0 aliphatic heterocycles. The van der Waals surface area contributed by atoms with Crippen LogP contribution in [0.3, 0.4) is 0 Å². The Labute approximate surface area is 274 Å². The molecule has 0 radical (unpaired) electrons. The molecular formula is C38H50ClN3O3. The highest BCUT2D eigenvalue weighted by molar-refractivity contribution is 6.30. The molecule has 0 amide bonds. The van der Waals surface area contributed by atoms with Gasteiger partial charge in [0.05, 0.1) is 25.3 Å². The third-order valence-electron chi connectivity index (χ3n) is 8.94. The highest BCUT2D eigenvalue weighted by Crippen LogP contribution is 2.36. The number of rotatable bonds is 18. The molecule has 242 valence electrons. The van der Waals surface area contributed by atoms with Gasteiger partial charge in [0.25, 0.3) is 0 Å². The van der Waals surface area contributed by atoms with Gasteiger partial charge in [0.15, 0.2) is 5.75 Å². The quantitative estimate of drug-likeness (QED) is 0.102. The van der Waals surface area contributed by atoms with E-state index in [1.54, 1.807) is 0 Å². The molecule has 45 heavy (non-hydrogen) atoms. The molecule has 0 unspecified atom stereocenters. The van der Waals surface area contributed by atoms with Crippen molar-refractivity contribution >= 4 is 22.6 Å². The first-order valence-corrected chi connectivity index (χ1v) is 17.5. The van der Waals surface area contributed by atoms with Gasteiger partial charge in [-0.2, -0.15) is 0 Å². The molecule has 0 spiro atoms. The van der Waals surface area contributed by atoms with Crippen LogP contribution >= 0.6 is 11.6 Å². The average molecular weight is 632 g/mol. The predicted molar refractivity (Wildman–Crippen MR) is 186 cm³/mol. The number of nitrogens with zero attached hydrogens (tertiary/aromatic N) is 3. The number of halogens is 1. The monoisotopic (exact) mass is 631 g/mol. The summed E-state index contributed by atoms with van der Waals surface area (Å²) >= 11 is 6.02. The van der Waals surface area contributed by atoms with Crippen LogP contribution in [0.5, 0.6) is 17.2 Å². The summed E-state index contributed by atoms with van der Waals surface area (Å²) in [6.45, 7) is 12.7. The fraction of sp³-hybridized carbons (Fsp3) is 0.500. The van der Waals surface area contributed by atoms with Crippen molar-refractivity contribution in [3.63, 3.8) is 0 Å². The van der Waals surface area contributed by atoms with E-state index >= 15 is 0 Å². The van der Waals surface area contributed by atoms with Crippen molar-refractivity contribution in [3.8, 4) is 28.6 Å². The minimum Gasteiger partial charge on any atom is -0.493 e. The van der Waals surface area contributed by atoms with E-state index in [0.717, 1.165) is 103 Å². The molecule has 5 rings (SSSR count). The van der Waals surface area contributed by atoms with Crippen molar-refractivity contribution < 1.29 is 14.2 Å². The molecule has 1 saturated carbocycles. The zero-order valence-electron chi connectivity index (χ0n) is 27.4. The van der Waals surface area contributed by atoms with Crippen LogP contribution < -0.4 is 14.2 Å². The Balaban J connectivity index is 1.38. The zero-order valence-corrected chi connectivity index (χ0v) is 28.2. The molecule has 1 aromatic heterocycles. The highest BCUT2D eigenvalue weighted by atomic mass is 35.5. The average Bonchev–Trinajstić information content (AvgIpc) is 3.72. The van der Waals surface area contributed by atoms with E-state index in [1.165, 1.54) is 31.2 Å². The molecule has 1 aliphatic carbocycles. The topological polar surface area (TPSA) is 48.8 Å². The molecule has 0 N–H and O–H groups in total. The Hall–Kier alpha value is -3.22. The molecule has 0 bridgehead atoms. The summed E-state index contributed by atoms with van der Waals surface area (Å²) in [4.78, 5) is 7.65. The SMILES string of the molecule is CCCCn1c(-c2ccc(OCCc3ccc(Cl)cc3)cc2)nc2c(OCCCN(CC)CC)cc(OCC3CCCC3)cc21. The number of unbranched alkanes of at least 4 members (excludes halogenated alkanes) is 1. The fourth-order valence-corrected chi connectivity index (χ4v) is 6.29. The number of aromatic nitrogens is 2. The zero-order chi connectivity index (χ0) is 31.4. The summed E-state index contributed by atoms with van der Waals surface area (Å²) in [5, 5.41) is 0.752. The molecule has 0 atom stereocenters. The first-order valence-electron chi connectivity index (χ1n) is 17.1. The minimum atomic E-state index is 0.606. The Bertz CT molecular complexity index is 1460. The van der Waals surface area contributed by atoms with Crippen LogP contribution in [0.1, 0.15) is 71.3 Å². The summed E-state index contributed by atoms with van der Waals surface area (Å²) in [5.74, 6) is 4.14. The third kappa shape index (κ3) is 9.17. The maximum atomic E-state index is 6.48. The number of benzene rings is 3. The van der Waals surface area contributed by atoms with Crippen LogP contribution in [-0.2, 0) is 13.0 Å². The van der Waals surface area contributed by atoms with Gasteiger partial charge in [-0.05, 0) is 86.7 Å². The van der Waals surface area contributed by atoms with Gasteiger partial charge in [0.2, 0.25) is 0 Å². The number of hydrogen-bond acceptors (Lipinski definition) is 5. The molecule has 6 nitrogen and oxygen atoms in total. The molecule has 4 aromatic rings. The molecule has 7 heteroatoms. The summed E-state index contributed by atoms with van der Waals surface area (Å²) in [6.07, 6.45) is 9.12. The fourth-order valence-electron chi connectivity index (χ4n) is 6.16. The lowest BCUT2D eigenvalue weighted by Gasteiger charge is -2.18. The van der Waals surface area contributed by atoms with Crippen LogP contribution in [0.15, 0.2) is 60.7 Å². The Kier molecular flexibility index (Phi) is 12.5. The van der Waals surface area contributed by atoms with Crippen LogP contribution in [0.4, 0.5) is 0 Å². The van der Waals surface area contributed by atoms with Gasteiger partial charge in [-0.3, -0.25) is 0 Å². The Morgan fingerprint density at radius 1 is 0.844 bits per heavy atom. The molecule has 0 saturated heterocycles. The van der Waals surface area contributed by atoms with E-state index < -0.39 is 0 Å². The van der Waals surface area contributed by atoms with Crippen molar-refractivity contribution in [2.24, 2.45) is 5.92 Å². The second-order valence-corrected chi connectivity index (χ2v) is 12.6. The number of ether oxygens (including phenoxy) is 3. The van der Waals surface area contributed by atoms with Crippen LogP contribution in [0, 0.1) is 5.92 Å². The van der Waals surface area contributed by atoms with E-state index in [9.17, 15) is 0 Å². The molecule has 1 aliphatic rings. The van der Waals surface area contributed by atoms with Gasteiger partial charge in [0, 0.05) is 42.2 Å². The van der Waals surface area contributed by atoms with Gasteiger partial charge < -0.3 is 23.7 Å². The molecule has 1 heterocycles. The van der Waals surface area contributed by atoms with Gasteiger partial charge >= 0.3 is 0 Å². The molecule has 3 aromatic carbocycles. The summed E-state index contributed by atoms with van der Waals surface area (Å²) < 4.78 is 21.3. The lowest BCUT2D eigenvalue weighted by molar-refractivity contribution is 0.243. The largest absolute Gasteiger partial charge is 0.493 e. The molecule has 1 fully saturated rings. The van der Waals surface area contributed by atoms with Crippen molar-refractivity contribution in [3.05, 3.63) is 71.2 Å². The Morgan fingerprint density at radius 3 is 2.31 bits per heavy atom. The summed E-state index contributed by atoms with van der Waals surface area (Å²) in [5.41, 5.74) is 4.25. The summed E-state index contributed by atoms with van der Waals surface area (Å²) in [6, 6.07) is 20.5. The standard InChI is InChI=1S/C38H50ClN3O3/c1-4-7-23-42-35-26-34(45-28-30-11-8-9-12-30)27-36(44-24-10-22-41(5-2)6-3)37(35)40-38(42)31-15-19-33(20-16-31)43-25-21-29-13-17-32(39)18-14-29/h13-20,26-27,30H,4-12,21-25,28H2,1-3H3. The first kappa shape index (κ1) is 33.2. The smallest absolute Gasteiger partial charge is 0.150 e. The number of imidazole rings is 1. The van der Waals surface area contributed by atoms with E-state index in [2.05, 4.69) is 54.5 Å². The highest BCUT2D eigenvalue weighted by Gasteiger charge is 2.20. The van der Waals surface area contributed by atoms with E-state index in [4.69, 9.17) is 30.8 Å². The van der Waals surface area contributed by atoms with E-state index in [-0.39, 0.29) is 0 Å². The van der Waals surface area contributed by atoms with Crippen molar-refractivity contribution in [2.45, 2.75) is 78.7 Å². The normalized spacial score (nSPS) is 13.6. The maximum Gasteiger partial charge on any atom is 0.150 e. The molecular weight excluding hydrogens is 582 g/mol. The summed E-state index contributed by atoms with van der Waals surface area (Å²) in [7, 11) is 0. The van der Waals surface area contributed by atoms with Gasteiger partial charge in [-0.1, -0.05) is 63.8 Å². The van der Waals surface area contributed by atoms with Crippen LogP contribution in [0.2, 0.25) is 5.02 Å². The Morgan fingerprint density at radius 2 is 1.60 bits per heavy atom. The second kappa shape index (κ2) is 16.9. The number of aryl methyl sites for hydroxylation is 1. The third-order valence-corrected chi connectivity index (χ3v) is 9.20. The van der Waals surface area contributed by atoms with Crippen molar-refractivity contribution in [2.75, 3.05) is 39.5 Å². The minimum absolute atomic E-state index is 0.606. The van der Waals surface area contributed by atoms with E-state index in [0.29, 0.717) is 19.1 Å². The van der Waals surface area contributed by atoms with E-state index in [1.807, 2.05) is 36.4 Å². The lowest BCUT2D eigenvalue weighted by atomic mass is 10.1. The lowest BCUT2D eigenvalue weighted by Crippen LogP contribution is -2.25. The number of hydrogen-bond donors (Lipinski definition) is 0. The predicted octanol–water partition coefficient (Wildman–Crippen LogP) is 9.46. The number of fused-ring (bicyclic) bond motifs is 1. The van der Waals surface area contributed by atoms with Gasteiger partial charge in [-0.25, -0.2) is 4.98 Å². The van der Waals surface area contributed by atoms with Crippen molar-refractivity contribution in [1.82, 2.24) is 14.5 Å². The van der Waals surface area contributed by atoms with Gasteiger partial charge in [-0.15, -0.1) is 0 Å². The maximum absolute atomic E-state index is 6.48. The van der Waals surface area contributed by atoms with Gasteiger partial charge in [0.1, 0.15) is 22.8 Å². The van der Waals surface area contributed by atoms with Crippen LogP contribution in [0.25, 0.3) is 22.4 Å². The first-order chi connectivity index (χ1) is 22.1. The van der Waals surface area contributed by atoms with Crippen LogP contribution in [-0.4, -0.2) is 53.9 Å². The van der Waals surface area contributed by atoms with Crippen molar-refractivity contribution in [1.29, 1.82) is 0 Å². The second-order valence-electron chi connectivity index (χ2n) is 12.2.